The molecule has 6 nitrogen and oxygen atoms in total. The fraction of sp³-hybridized carbons (Fsp3) is 0.615. The highest BCUT2D eigenvalue weighted by Crippen LogP contribution is 2.10. The maximum Gasteiger partial charge on any atom is 0.255 e. The standard InChI is InChI=1S/C13H20N4O2/c1-13(2,19)10-16-5-7-17(8-6-16)12(18)11-3-4-14-15-9-11/h3-4,9,19H,5-8,10H2,1-2H3. The SMILES string of the molecule is CC(C)(O)CN1CCN(C(=O)c2ccnnc2)CC1. The van der Waals surface area contributed by atoms with E-state index in [9.17, 15) is 9.90 Å². The van der Waals surface area contributed by atoms with Crippen LogP contribution in [0, 0.1) is 0 Å². The molecule has 0 bridgehead atoms. The topological polar surface area (TPSA) is 69.6 Å². The molecule has 0 unspecified atom stereocenters. The van der Waals surface area contributed by atoms with E-state index < -0.39 is 5.60 Å². The van der Waals surface area contributed by atoms with Gasteiger partial charge in [-0.25, -0.2) is 0 Å². The predicted molar refractivity (Wildman–Crippen MR) is 70.7 cm³/mol. The molecule has 1 amide bonds. The first-order chi connectivity index (χ1) is 8.96. The summed E-state index contributed by atoms with van der Waals surface area (Å²) in [5.74, 6) is -0.00203. The van der Waals surface area contributed by atoms with Gasteiger partial charge < -0.3 is 10.0 Å². The van der Waals surface area contributed by atoms with E-state index in [2.05, 4.69) is 15.1 Å². The lowest BCUT2D eigenvalue weighted by atomic mass is 10.1. The molecule has 1 aromatic heterocycles. The number of carbonyl (C=O) groups excluding carboxylic acids is 1. The lowest BCUT2D eigenvalue weighted by Crippen LogP contribution is -2.52. The van der Waals surface area contributed by atoms with Crippen LogP contribution in [0.5, 0.6) is 0 Å². The number of carbonyl (C=O) groups is 1. The fourth-order valence-electron chi connectivity index (χ4n) is 2.26. The lowest BCUT2D eigenvalue weighted by Gasteiger charge is -2.37. The number of rotatable bonds is 3. The normalized spacial score (nSPS) is 17.5. The molecule has 0 aromatic carbocycles. The Balaban J connectivity index is 1.88. The molecule has 1 fully saturated rings. The van der Waals surface area contributed by atoms with E-state index in [1.807, 2.05) is 4.90 Å². The molecule has 104 valence electrons. The van der Waals surface area contributed by atoms with E-state index in [0.717, 1.165) is 13.1 Å². The van der Waals surface area contributed by atoms with Crippen molar-refractivity contribution in [2.75, 3.05) is 32.7 Å². The van der Waals surface area contributed by atoms with E-state index in [-0.39, 0.29) is 5.91 Å². The first-order valence-electron chi connectivity index (χ1n) is 6.46. The van der Waals surface area contributed by atoms with Crippen LogP contribution in [0.3, 0.4) is 0 Å². The Kier molecular flexibility index (Phi) is 4.11. The Morgan fingerprint density at radius 1 is 1.32 bits per heavy atom. The maximum absolute atomic E-state index is 12.2. The molecule has 0 aliphatic carbocycles. The number of hydrogen-bond acceptors (Lipinski definition) is 5. The Morgan fingerprint density at radius 2 is 2.00 bits per heavy atom. The lowest BCUT2D eigenvalue weighted by molar-refractivity contribution is 0.0178. The number of β-amino-alcohol motifs (C(OH)–C–C–N with tert-alkyl or cyclic N) is 1. The molecule has 0 atom stereocenters. The average Bonchev–Trinajstić information content (AvgIpc) is 2.38. The third-order valence-corrected chi connectivity index (χ3v) is 3.10. The minimum absolute atomic E-state index is 0.00203. The molecule has 1 aliphatic heterocycles. The smallest absolute Gasteiger partial charge is 0.255 e. The second-order valence-corrected chi connectivity index (χ2v) is 5.51. The summed E-state index contributed by atoms with van der Waals surface area (Å²) >= 11 is 0. The molecule has 19 heavy (non-hydrogen) atoms. The number of hydrogen-bond donors (Lipinski definition) is 1. The molecule has 0 saturated carbocycles. The van der Waals surface area contributed by atoms with Crippen LogP contribution in [0.15, 0.2) is 18.5 Å². The Bertz CT molecular complexity index is 422. The van der Waals surface area contributed by atoms with Gasteiger partial charge in [-0.3, -0.25) is 9.69 Å². The summed E-state index contributed by atoms with van der Waals surface area (Å²) in [5, 5.41) is 17.2. The summed E-state index contributed by atoms with van der Waals surface area (Å²) < 4.78 is 0. The van der Waals surface area contributed by atoms with Crippen molar-refractivity contribution in [2.24, 2.45) is 0 Å². The number of piperazine rings is 1. The second-order valence-electron chi connectivity index (χ2n) is 5.51. The number of aliphatic hydroxyl groups is 1. The summed E-state index contributed by atoms with van der Waals surface area (Å²) in [6.45, 7) is 7.16. The zero-order valence-electron chi connectivity index (χ0n) is 11.4. The molecule has 1 saturated heterocycles. The van der Waals surface area contributed by atoms with Crippen molar-refractivity contribution in [3.63, 3.8) is 0 Å². The molecule has 1 aliphatic rings. The fourth-order valence-corrected chi connectivity index (χ4v) is 2.26. The average molecular weight is 264 g/mol. The van der Waals surface area contributed by atoms with Crippen molar-refractivity contribution in [3.05, 3.63) is 24.0 Å². The van der Waals surface area contributed by atoms with Crippen LogP contribution < -0.4 is 0 Å². The largest absolute Gasteiger partial charge is 0.389 e. The van der Waals surface area contributed by atoms with E-state index in [1.165, 1.54) is 12.4 Å². The van der Waals surface area contributed by atoms with Gasteiger partial charge in [0.25, 0.3) is 5.91 Å². The molecule has 2 rings (SSSR count). The number of amides is 1. The second kappa shape index (κ2) is 5.63. The monoisotopic (exact) mass is 264 g/mol. The molecule has 1 N–H and O–H groups in total. The molecule has 2 heterocycles. The van der Waals surface area contributed by atoms with Gasteiger partial charge in [0.05, 0.1) is 23.6 Å². The quantitative estimate of drug-likeness (QED) is 0.832. The number of nitrogens with zero attached hydrogens (tertiary/aromatic N) is 4. The van der Waals surface area contributed by atoms with E-state index in [0.29, 0.717) is 25.2 Å². The van der Waals surface area contributed by atoms with Gasteiger partial charge in [0.2, 0.25) is 0 Å². The Labute approximate surface area is 113 Å². The minimum atomic E-state index is -0.693. The van der Waals surface area contributed by atoms with Crippen LogP contribution in [0.1, 0.15) is 24.2 Å². The Morgan fingerprint density at radius 3 is 2.53 bits per heavy atom. The van der Waals surface area contributed by atoms with Crippen LogP contribution in [-0.2, 0) is 0 Å². The molecule has 1 aromatic rings. The summed E-state index contributed by atoms with van der Waals surface area (Å²) in [4.78, 5) is 16.2. The van der Waals surface area contributed by atoms with Gasteiger partial charge in [-0.1, -0.05) is 0 Å². The van der Waals surface area contributed by atoms with Crippen molar-refractivity contribution < 1.29 is 9.90 Å². The van der Waals surface area contributed by atoms with Gasteiger partial charge in [0.15, 0.2) is 0 Å². The molecule has 6 heteroatoms. The first-order valence-corrected chi connectivity index (χ1v) is 6.46. The minimum Gasteiger partial charge on any atom is -0.389 e. The van der Waals surface area contributed by atoms with Crippen molar-refractivity contribution in [1.29, 1.82) is 0 Å². The van der Waals surface area contributed by atoms with E-state index >= 15 is 0 Å². The zero-order chi connectivity index (χ0) is 13.9. The number of aromatic nitrogens is 2. The van der Waals surface area contributed by atoms with Gasteiger partial charge in [0, 0.05) is 32.7 Å². The molecular weight excluding hydrogens is 244 g/mol. The van der Waals surface area contributed by atoms with Crippen molar-refractivity contribution >= 4 is 5.91 Å². The van der Waals surface area contributed by atoms with Gasteiger partial charge in [-0.2, -0.15) is 10.2 Å². The van der Waals surface area contributed by atoms with Gasteiger partial charge in [-0.05, 0) is 19.9 Å². The van der Waals surface area contributed by atoms with Crippen LogP contribution in [0.4, 0.5) is 0 Å². The predicted octanol–water partition coefficient (Wildman–Crippen LogP) is 0.00530. The molecular formula is C13H20N4O2. The highest BCUT2D eigenvalue weighted by Gasteiger charge is 2.25. The van der Waals surface area contributed by atoms with Crippen LogP contribution >= 0.6 is 0 Å². The first kappa shape index (κ1) is 13.9. The zero-order valence-corrected chi connectivity index (χ0v) is 11.4. The Hall–Kier alpha value is -1.53. The molecule has 0 spiro atoms. The van der Waals surface area contributed by atoms with Crippen LogP contribution in [-0.4, -0.2) is 69.3 Å². The highest BCUT2D eigenvalue weighted by molar-refractivity contribution is 5.93. The molecule has 0 radical (unpaired) electrons. The van der Waals surface area contributed by atoms with Crippen molar-refractivity contribution in [2.45, 2.75) is 19.4 Å². The van der Waals surface area contributed by atoms with Crippen LogP contribution in [0.25, 0.3) is 0 Å². The van der Waals surface area contributed by atoms with Gasteiger partial charge in [-0.15, -0.1) is 0 Å². The summed E-state index contributed by atoms with van der Waals surface area (Å²) in [6.07, 6.45) is 3.02. The van der Waals surface area contributed by atoms with Crippen LogP contribution in [0.2, 0.25) is 0 Å². The highest BCUT2D eigenvalue weighted by atomic mass is 16.3. The van der Waals surface area contributed by atoms with Gasteiger partial charge >= 0.3 is 0 Å². The maximum atomic E-state index is 12.2. The van der Waals surface area contributed by atoms with Gasteiger partial charge in [0.1, 0.15) is 0 Å². The summed E-state index contributed by atoms with van der Waals surface area (Å²) in [7, 11) is 0. The third kappa shape index (κ3) is 3.97. The third-order valence-electron chi connectivity index (χ3n) is 3.10. The van der Waals surface area contributed by atoms with Crippen molar-refractivity contribution in [1.82, 2.24) is 20.0 Å². The van der Waals surface area contributed by atoms with E-state index in [4.69, 9.17) is 0 Å². The summed E-state index contributed by atoms with van der Waals surface area (Å²) in [5.41, 5.74) is -0.118. The summed E-state index contributed by atoms with van der Waals surface area (Å²) in [6, 6.07) is 1.68. The van der Waals surface area contributed by atoms with E-state index in [1.54, 1.807) is 19.9 Å². The van der Waals surface area contributed by atoms with Crippen molar-refractivity contribution in [3.8, 4) is 0 Å².